The lowest BCUT2D eigenvalue weighted by atomic mass is 9.99. The summed E-state index contributed by atoms with van der Waals surface area (Å²) in [7, 11) is -3.76. The first-order valence-corrected chi connectivity index (χ1v) is 11.7. The Hall–Kier alpha value is -2.99. The third-order valence-electron chi connectivity index (χ3n) is 5.58. The SMILES string of the molecule is C[C@@H](NCc1ccccc1S(=O)(=O)c1ccccc1CO)c1cccc2ccccc12. The van der Waals surface area contributed by atoms with Gasteiger partial charge in [0.05, 0.1) is 16.4 Å². The van der Waals surface area contributed by atoms with Crippen molar-refractivity contribution in [3.63, 3.8) is 0 Å². The van der Waals surface area contributed by atoms with Crippen molar-refractivity contribution in [1.82, 2.24) is 5.32 Å². The smallest absolute Gasteiger partial charge is 0.207 e. The Morgan fingerprint density at radius 1 is 0.774 bits per heavy atom. The lowest BCUT2D eigenvalue weighted by Crippen LogP contribution is -2.20. The van der Waals surface area contributed by atoms with Crippen LogP contribution in [-0.2, 0) is 23.0 Å². The quantitative estimate of drug-likeness (QED) is 0.431. The molecule has 4 nitrogen and oxygen atoms in total. The second kappa shape index (κ2) is 9.02. The zero-order valence-electron chi connectivity index (χ0n) is 17.3. The summed E-state index contributed by atoms with van der Waals surface area (Å²) in [6.07, 6.45) is 0. The molecule has 0 heterocycles. The third kappa shape index (κ3) is 4.26. The number of aliphatic hydroxyl groups is 1. The molecule has 158 valence electrons. The van der Waals surface area contributed by atoms with Gasteiger partial charge in [0.2, 0.25) is 9.84 Å². The first kappa shape index (κ1) is 21.2. The van der Waals surface area contributed by atoms with E-state index in [1.54, 1.807) is 36.4 Å². The minimum Gasteiger partial charge on any atom is -0.392 e. The van der Waals surface area contributed by atoms with Crippen LogP contribution in [0.15, 0.2) is 101 Å². The Balaban J connectivity index is 1.64. The third-order valence-corrected chi connectivity index (χ3v) is 7.54. The van der Waals surface area contributed by atoms with Crippen LogP contribution in [0.5, 0.6) is 0 Å². The number of rotatable bonds is 7. The fourth-order valence-corrected chi connectivity index (χ4v) is 5.64. The number of hydrogen-bond acceptors (Lipinski definition) is 4. The Morgan fingerprint density at radius 3 is 2.10 bits per heavy atom. The molecular formula is C26H25NO3S. The van der Waals surface area contributed by atoms with E-state index in [4.69, 9.17) is 0 Å². The Kier molecular flexibility index (Phi) is 6.18. The van der Waals surface area contributed by atoms with Gasteiger partial charge in [-0.25, -0.2) is 8.42 Å². The van der Waals surface area contributed by atoms with Gasteiger partial charge in [-0.05, 0) is 46.5 Å². The van der Waals surface area contributed by atoms with E-state index in [1.807, 2.05) is 30.3 Å². The van der Waals surface area contributed by atoms with Crippen LogP contribution >= 0.6 is 0 Å². The maximum Gasteiger partial charge on any atom is 0.207 e. The van der Waals surface area contributed by atoms with Gasteiger partial charge in [-0.2, -0.15) is 0 Å². The highest BCUT2D eigenvalue weighted by atomic mass is 32.2. The Bertz CT molecular complexity index is 1310. The van der Waals surface area contributed by atoms with Crippen LogP contribution < -0.4 is 5.32 Å². The molecule has 5 heteroatoms. The predicted molar refractivity (Wildman–Crippen MR) is 123 cm³/mol. The van der Waals surface area contributed by atoms with Crippen molar-refractivity contribution < 1.29 is 13.5 Å². The molecule has 0 bridgehead atoms. The summed E-state index contributed by atoms with van der Waals surface area (Å²) in [5.74, 6) is 0. The number of benzene rings is 4. The monoisotopic (exact) mass is 431 g/mol. The fraction of sp³-hybridized carbons (Fsp3) is 0.154. The summed E-state index contributed by atoms with van der Waals surface area (Å²) in [5.41, 5.74) is 2.26. The lowest BCUT2D eigenvalue weighted by Gasteiger charge is -2.18. The normalized spacial score (nSPS) is 12.7. The van der Waals surface area contributed by atoms with Crippen molar-refractivity contribution >= 4 is 20.6 Å². The molecule has 0 aliphatic rings. The highest BCUT2D eigenvalue weighted by Crippen LogP contribution is 2.28. The molecule has 0 aromatic heterocycles. The zero-order chi connectivity index (χ0) is 21.8. The summed E-state index contributed by atoms with van der Waals surface area (Å²) < 4.78 is 26.8. The molecule has 0 fully saturated rings. The maximum absolute atomic E-state index is 13.4. The molecule has 0 amide bonds. The zero-order valence-corrected chi connectivity index (χ0v) is 18.1. The second-order valence-electron chi connectivity index (χ2n) is 7.55. The van der Waals surface area contributed by atoms with Crippen molar-refractivity contribution in [2.45, 2.75) is 35.9 Å². The summed E-state index contributed by atoms with van der Waals surface area (Å²) >= 11 is 0. The van der Waals surface area contributed by atoms with Crippen molar-refractivity contribution in [3.8, 4) is 0 Å². The molecule has 0 radical (unpaired) electrons. The molecule has 4 aromatic rings. The van der Waals surface area contributed by atoms with Gasteiger partial charge in [0.15, 0.2) is 0 Å². The number of sulfone groups is 1. The minimum absolute atomic E-state index is 0.0339. The van der Waals surface area contributed by atoms with E-state index < -0.39 is 9.84 Å². The van der Waals surface area contributed by atoms with Crippen LogP contribution in [0.25, 0.3) is 10.8 Å². The molecule has 31 heavy (non-hydrogen) atoms. The van der Waals surface area contributed by atoms with Crippen LogP contribution in [0, 0.1) is 0 Å². The molecule has 0 aliphatic carbocycles. The highest BCUT2D eigenvalue weighted by molar-refractivity contribution is 7.91. The molecule has 4 aromatic carbocycles. The molecule has 0 aliphatic heterocycles. The van der Waals surface area contributed by atoms with Crippen molar-refractivity contribution in [2.75, 3.05) is 0 Å². The first-order chi connectivity index (χ1) is 15.0. The van der Waals surface area contributed by atoms with Crippen LogP contribution in [-0.4, -0.2) is 13.5 Å². The van der Waals surface area contributed by atoms with Gasteiger partial charge in [-0.15, -0.1) is 0 Å². The summed E-state index contributed by atoms with van der Waals surface area (Å²) in [6.45, 7) is 2.16. The number of aliphatic hydroxyl groups excluding tert-OH is 1. The van der Waals surface area contributed by atoms with Crippen molar-refractivity contribution in [2.24, 2.45) is 0 Å². The van der Waals surface area contributed by atoms with Gasteiger partial charge in [0, 0.05) is 12.6 Å². The first-order valence-electron chi connectivity index (χ1n) is 10.2. The number of fused-ring (bicyclic) bond motifs is 1. The van der Waals surface area contributed by atoms with Gasteiger partial charge in [-0.3, -0.25) is 0 Å². The van der Waals surface area contributed by atoms with E-state index in [0.29, 0.717) is 17.7 Å². The van der Waals surface area contributed by atoms with Crippen molar-refractivity contribution in [1.29, 1.82) is 0 Å². The van der Waals surface area contributed by atoms with Crippen LogP contribution in [0.4, 0.5) is 0 Å². The van der Waals surface area contributed by atoms with E-state index in [1.165, 1.54) is 16.3 Å². The van der Waals surface area contributed by atoms with Crippen molar-refractivity contribution in [3.05, 3.63) is 108 Å². The van der Waals surface area contributed by atoms with Gasteiger partial charge < -0.3 is 10.4 Å². The van der Waals surface area contributed by atoms with Gasteiger partial charge in [-0.1, -0.05) is 78.9 Å². The Morgan fingerprint density at radius 2 is 1.35 bits per heavy atom. The lowest BCUT2D eigenvalue weighted by molar-refractivity contribution is 0.278. The average molecular weight is 432 g/mol. The highest BCUT2D eigenvalue weighted by Gasteiger charge is 2.23. The summed E-state index contributed by atoms with van der Waals surface area (Å²) in [4.78, 5) is 0.403. The molecule has 0 saturated carbocycles. The molecule has 2 N–H and O–H groups in total. The minimum atomic E-state index is -3.76. The summed E-state index contributed by atoms with van der Waals surface area (Å²) in [6, 6.07) is 28.1. The largest absolute Gasteiger partial charge is 0.392 e. The van der Waals surface area contributed by atoms with Gasteiger partial charge >= 0.3 is 0 Å². The maximum atomic E-state index is 13.4. The van der Waals surface area contributed by atoms with Crippen LogP contribution in [0.3, 0.4) is 0 Å². The Labute approximate surface area is 183 Å². The molecule has 4 rings (SSSR count). The molecule has 1 atom stereocenters. The van der Waals surface area contributed by atoms with Crippen LogP contribution in [0.1, 0.15) is 29.7 Å². The van der Waals surface area contributed by atoms with E-state index in [0.717, 1.165) is 0 Å². The predicted octanol–water partition coefficient (Wildman–Crippen LogP) is 5.02. The molecule has 0 saturated heterocycles. The van der Waals surface area contributed by atoms with E-state index in [2.05, 4.69) is 36.5 Å². The summed E-state index contributed by atoms with van der Waals surface area (Å²) in [5, 5.41) is 15.5. The van der Waals surface area contributed by atoms with Gasteiger partial charge in [0.1, 0.15) is 0 Å². The van der Waals surface area contributed by atoms with Crippen LogP contribution in [0.2, 0.25) is 0 Å². The number of hydrogen-bond donors (Lipinski definition) is 2. The van der Waals surface area contributed by atoms with E-state index in [-0.39, 0.29) is 22.4 Å². The second-order valence-corrected chi connectivity index (χ2v) is 9.43. The van der Waals surface area contributed by atoms with Gasteiger partial charge in [0.25, 0.3) is 0 Å². The standard InChI is InChI=1S/C26H25NO3S/c1-19(23-14-8-12-20-9-2-5-13-24(20)23)27-17-21-10-3-6-15-25(21)31(29,30)26-16-7-4-11-22(26)18-28/h2-16,19,27-28H,17-18H2,1H3/t19-/m1/s1. The topological polar surface area (TPSA) is 66.4 Å². The fourth-order valence-electron chi connectivity index (χ4n) is 3.93. The molecule has 0 spiro atoms. The molecular weight excluding hydrogens is 406 g/mol. The van der Waals surface area contributed by atoms with E-state index >= 15 is 0 Å². The number of nitrogens with one attached hydrogen (secondary N) is 1. The molecule has 0 unspecified atom stereocenters. The average Bonchev–Trinajstić information content (AvgIpc) is 2.82. The van der Waals surface area contributed by atoms with E-state index in [9.17, 15) is 13.5 Å².